The van der Waals surface area contributed by atoms with E-state index in [1.807, 2.05) is 4.90 Å². The Balaban J connectivity index is 1.40. The highest BCUT2D eigenvalue weighted by molar-refractivity contribution is 5.96. The first-order valence-corrected chi connectivity index (χ1v) is 11.6. The number of likely N-dealkylation sites (tertiary alicyclic amines) is 1. The number of esters is 1. The minimum Gasteiger partial charge on any atom is -0.494 e. The summed E-state index contributed by atoms with van der Waals surface area (Å²) in [7, 11) is 0. The fraction of sp³-hybridized carbons (Fsp3) is 0.640. The van der Waals surface area contributed by atoms with Gasteiger partial charge in [-0.25, -0.2) is 0 Å². The van der Waals surface area contributed by atoms with Gasteiger partial charge in [0.1, 0.15) is 12.3 Å². The molecule has 7 heteroatoms. The van der Waals surface area contributed by atoms with E-state index in [1.165, 1.54) is 0 Å². The Labute approximate surface area is 190 Å². The lowest BCUT2D eigenvalue weighted by Crippen LogP contribution is -2.40. The van der Waals surface area contributed by atoms with Crippen molar-refractivity contribution in [2.45, 2.75) is 65.8 Å². The summed E-state index contributed by atoms with van der Waals surface area (Å²) in [6.45, 7) is 9.62. The van der Waals surface area contributed by atoms with Gasteiger partial charge in [0.25, 0.3) is 11.8 Å². The van der Waals surface area contributed by atoms with Gasteiger partial charge in [0, 0.05) is 18.2 Å². The van der Waals surface area contributed by atoms with Crippen LogP contribution in [0, 0.1) is 10.8 Å². The number of carbonyl (C=O) groups is 3. The molecule has 1 aromatic rings. The second-order valence-corrected chi connectivity index (χ2v) is 10.3. The van der Waals surface area contributed by atoms with Crippen LogP contribution in [0.3, 0.4) is 0 Å². The zero-order valence-corrected chi connectivity index (χ0v) is 19.7. The number of amides is 2. The lowest BCUT2D eigenvalue weighted by Gasteiger charge is -2.39. The van der Waals surface area contributed by atoms with Crippen molar-refractivity contribution < 1.29 is 23.9 Å². The van der Waals surface area contributed by atoms with E-state index in [2.05, 4.69) is 33.0 Å². The van der Waals surface area contributed by atoms with Gasteiger partial charge in [-0.1, -0.05) is 34.1 Å². The molecule has 176 valence electrons. The summed E-state index contributed by atoms with van der Waals surface area (Å²) in [6, 6.07) is 6.98. The highest BCUT2D eigenvalue weighted by Crippen LogP contribution is 2.52. The summed E-state index contributed by atoms with van der Waals surface area (Å²) in [4.78, 5) is 38.9. The quantitative estimate of drug-likeness (QED) is 0.465. The number of ether oxygens (including phenoxy) is 2. The predicted octanol–water partition coefficient (Wildman–Crippen LogP) is 3.57. The van der Waals surface area contributed by atoms with Crippen LogP contribution in [0.1, 0.15) is 70.2 Å². The molecular weight excluding hydrogens is 408 g/mol. The van der Waals surface area contributed by atoms with Crippen molar-refractivity contribution in [1.82, 2.24) is 10.2 Å². The van der Waals surface area contributed by atoms with E-state index in [0.29, 0.717) is 24.5 Å². The van der Waals surface area contributed by atoms with Gasteiger partial charge in [0.05, 0.1) is 6.61 Å². The lowest BCUT2D eigenvalue weighted by atomic mass is 9.65. The Kier molecular flexibility index (Phi) is 7.47. The van der Waals surface area contributed by atoms with Crippen molar-refractivity contribution in [3.05, 3.63) is 29.8 Å². The number of unbranched alkanes of at least 4 members (excludes halogenated alkanes) is 1. The van der Waals surface area contributed by atoms with E-state index in [4.69, 9.17) is 9.47 Å². The number of hydrogen-bond acceptors (Lipinski definition) is 5. The third-order valence-corrected chi connectivity index (χ3v) is 6.37. The van der Waals surface area contributed by atoms with Crippen LogP contribution in [0.15, 0.2) is 24.3 Å². The van der Waals surface area contributed by atoms with Gasteiger partial charge in [-0.3, -0.25) is 14.4 Å². The zero-order valence-electron chi connectivity index (χ0n) is 19.7. The minimum atomic E-state index is -0.625. The van der Waals surface area contributed by atoms with Crippen LogP contribution in [-0.2, 0) is 14.3 Å². The molecule has 1 N–H and O–H groups in total. The monoisotopic (exact) mass is 444 g/mol. The van der Waals surface area contributed by atoms with Gasteiger partial charge in [0.15, 0.2) is 6.61 Å². The van der Waals surface area contributed by atoms with E-state index in [0.717, 1.165) is 32.1 Å². The molecule has 2 amide bonds. The number of rotatable bonds is 9. The van der Waals surface area contributed by atoms with E-state index in [-0.39, 0.29) is 41.8 Å². The molecular formula is C25H36N2O5. The minimum absolute atomic E-state index is 0.136. The average molecular weight is 445 g/mol. The maximum absolute atomic E-state index is 12.7. The normalized spacial score (nSPS) is 23.5. The number of nitrogens with one attached hydrogen (secondary N) is 1. The van der Waals surface area contributed by atoms with Crippen LogP contribution in [-0.4, -0.2) is 55.0 Å². The molecule has 1 aliphatic carbocycles. The fourth-order valence-corrected chi connectivity index (χ4v) is 5.32. The molecule has 3 rings (SSSR count). The highest BCUT2D eigenvalue weighted by atomic mass is 16.5. The maximum Gasteiger partial charge on any atom is 0.325 e. The first kappa shape index (κ1) is 24.1. The van der Waals surface area contributed by atoms with E-state index in [9.17, 15) is 14.4 Å². The van der Waals surface area contributed by atoms with Gasteiger partial charge in [0.2, 0.25) is 0 Å². The number of benzene rings is 1. The second-order valence-electron chi connectivity index (χ2n) is 10.3. The topological polar surface area (TPSA) is 84.9 Å². The molecule has 0 unspecified atom stereocenters. The summed E-state index contributed by atoms with van der Waals surface area (Å²) < 4.78 is 10.7. The summed E-state index contributed by atoms with van der Waals surface area (Å²) in [5, 5.41) is 2.54. The molecule has 1 heterocycles. The van der Waals surface area contributed by atoms with Crippen LogP contribution >= 0.6 is 0 Å². The smallest absolute Gasteiger partial charge is 0.325 e. The lowest BCUT2D eigenvalue weighted by molar-refractivity contribution is -0.151. The molecule has 0 aromatic heterocycles. The average Bonchev–Trinajstić information content (AvgIpc) is 2.99. The molecule has 1 aromatic carbocycles. The predicted molar refractivity (Wildman–Crippen MR) is 121 cm³/mol. The Morgan fingerprint density at radius 1 is 1.12 bits per heavy atom. The van der Waals surface area contributed by atoms with Crippen molar-refractivity contribution in [2.24, 2.45) is 10.8 Å². The molecule has 2 bridgehead atoms. The number of carbonyl (C=O) groups excluding carboxylic acids is 3. The standard InChI is InChI=1S/C25H36N2O5/c1-5-6-11-31-20-9-7-18(8-10-20)23(30)26-14-22(29)32-15-21(28)27-17-25(4)13-19(27)12-24(2,3)16-25/h7-10,19H,5-6,11-17H2,1-4H3,(H,26,30)/t19-,25+/m0/s1. The van der Waals surface area contributed by atoms with E-state index >= 15 is 0 Å². The molecule has 1 aliphatic heterocycles. The Morgan fingerprint density at radius 2 is 1.84 bits per heavy atom. The van der Waals surface area contributed by atoms with Crippen LogP contribution < -0.4 is 10.1 Å². The zero-order chi connectivity index (χ0) is 23.4. The van der Waals surface area contributed by atoms with Crippen LogP contribution in [0.25, 0.3) is 0 Å². The Morgan fingerprint density at radius 3 is 2.53 bits per heavy atom. The molecule has 1 saturated heterocycles. The van der Waals surface area contributed by atoms with Crippen molar-refractivity contribution >= 4 is 17.8 Å². The van der Waals surface area contributed by atoms with Crippen molar-refractivity contribution in [3.63, 3.8) is 0 Å². The summed E-state index contributed by atoms with van der Waals surface area (Å²) in [5.74, 6) is -0.455. The number of nitrogens with zero attached hydrogens (tertiary/aromatic N) is 1. The molecule has 0 spiro atoms. The Bertz CT molecular complexity index is 835. The van der Waals surface area contributed by atoms with Gasteiger partial charge in [-0.15, -0.1) is 0 Å². The summed E-state index contributed by atoms with van der Waals surface area (Å²) in [6.07, 6.45) is 5.11. The first-order chi connectivity index (χ1) is 15.1. The van der Waals surface area contributed by atoms with Crippen molar-refractivity contribution in [2.75, 3.05) is 26.3 Å². The van der Waals surface area contributed by atoms with Gasteiger partial charge in [-0.05, 0) is 60.8 Å². The molecule has 7 nitrogen and oxygen atoms in total. The van der Waals surface area contributed by atoms with Gasteiger partial charge >= 0.3 is 5.97 Å². The van der Waals surface area contributed by atoms with Crippen molar-refractivity contribution in [1.29, 1.82) is 0 Å². The molecule has 2 aliphatic rings. The third kappa shape index (κ3) is 6.24. The highest BCUT2D eigenvalue weighted by Gasteiger charge is 2.50. The fourth-order valence-electron chi connectivity index (χ4n) is 5.32. The second kappa shape index (κ2) is 9.92. The Hall–Kier alpha value is -2.57. The molecule has 2 fully saturated rings. The number of fused-ring (bicyclic) bond motifs is 2. The summed E-state index contributed by atoms with van der Waals surface area (Å²) >= 11 is 0. The van der Waals surface area contributed by atoms with E-state index in [1.54, 1.807) is 24.3 Å². The third-order valence-electron chi connectivity index (χ3n) is 6.37. The van der Waals surface area contributed by atoms with Crippen molar-refractivity contribution in [3.8, 4) is 5.75 Å². The molecule has 2 atom stereocenters. The van der Waals surface area contributed by atoms with Gasteiger partial charge < -0.3 is 19.7 Å². The van der Waals surface area contributed by atoms with Crippen LogP contribution in [0.2, 0.25) is 0 Å². The molecule has 1 saturated carbocycles. The van der Waals surface area contributed by atoms with Crippen LogP contribution in [0.5, 0.6) is 5.75 Å². The van der Waals surface area contributed by atoms with Gasteiger partial charge in [-0.2, -0.15) is 0 Å². The SMILES string of the molecule is CCCCOc1ccc(C(=O)NCC(=O)OCC(=O)N2C[C@]3(C)C[C@@H]2CC(C)(C)C3)cc1. The first-order valence-electron chi connectivity index (χ1n) is 11.6. The van der Waals surface area contributed by atoms with Crippen LogP contribution in [0.4, 0.5) is 0 Å². The largest absolute Gasteiger partial charge is 0.494 e. The van der Waals surface area contributed by atoms with E-state index < -0.39 is 5.97 Å². The maximum atomic E-state index is 12.7. The number of hydrogen-bond donors (Lipinski definition) is 1. The molecule has 32 heavy (non-hydrogen) atoms. The summed E-state index contributed by atoms with van der Waals surface area (Å²) in [5.41, 5.74) is 0.779. The molecule has 0 radical (unpaired) electrons.